The maximum absolute atomic E-state index is 10.8. The summed E-state index contributed by atoms with van der Waals surface area (Å²) >= 11 is 0. The first kappa shape index (κ1) is 19.2. The van der Waals surface area contributed by atoms with Gasteiger partial charge in [-0.1, -0.05) is 48.7 Å². The van der Waals surface area contributed by atoms with Gasteiger partial charge >= 0.3 is 5.97 Å². The molecular weight excluding hydrogens is 352 g/mol. The summed E-state index contributed by atoms with van der Waals surface area (Å²) in [5.74, 6) is 1.46. The van der Waals surface area contributed by atoms with Crippen molar-refractivity contribution < 1.29 is 14.4 Å². The summed E-state index contributed by atoms with van der Waals surface area (Å²) in [7, 11) is 0. The van der Waals surface area contributed by atoms with Gasteiger partial charge in [-0.3, -0.25) is 9.69 Å². The van der Waals surface area contributed by atoms with E-state index < -0.39 is 5.97 Å². The van der Waals surface area contributed by atoms with E-state index >= 15 is 0 Å². The van der Waals surface area contributed by atoms with Crippen molar-refractivity contribution >= 4 is 5.97 Å². The van der Waals surface area contributed by atoms with Crippen molar-refractivity contribution in [2.75, 3.05) is 13.1 Å². The lowest BCUT2D eigenvalue weighted by atomic mass is 9.87. The van der Waals surface area contributed by atoms with Crippen LogP contribution in [0.5, 0.6) is 0 Å². The fourth-order valence-electron chi connectivity index (χ4n) is 4.74. The standard InChI is InChI=1S/C23H30N2O3/c26-23(27)13-18-8-6-17(7-9-18)12-19-10-11-25(15-19)16-21-14-22(24-28-21)20-4-2-1-3-5-20/h6-9,14,19-20H,1-5,10-13,15-16H2,(H,26,27). The number of carboxylic acids is 1. The molecule has 5 nitrogen and oxygen atoms in total. The number of likely N-dealkylation sites (tertiary alicyclic amines) is 1. The van der Waals surface area contributed by atoms with Gasteiger partial charge in [0.25, 0.3) is 0 Å². The minimum atomic E-state index is -0.779. The molecule has 1 aliphatic carbocycles. The predicted octanol–water partition coefficient (Wildman–Crippen LogP) is 4.41. The van der Waals surface area contributed by atoms with Crippen molar-refractivity contribution in [3.8, 4) is 0 Å². The SMILES string of the molecule is O=C(O)Cc1ccc(CC2CCN(Cc3cc(C4CCCCC4)no3)C2)cc1. The number of aromatic nitrogens is 1. The molecule has 150 valence electrons. The second-order valence-electron chi connectivity index (χ2n) is 8.53. The predicted molar refractivity (Wildman–Crippen MR) is 107 cm³/mol. The first-order valence-corrected chi connectivity index (χ1v) is 10.6. The monoisotopic (exact) mass is 382 g/mol. The van der Waals surface area contributed by atoms with Gasteiger partial charge in [-0.25, -0.2) is 0 Å². The van der Waals surface area contributed by atoms with E-state index in [2.05, 4.69) is 28.3 Å². The lowest BCUT2D eigenvalue weighted by Crippen LogP contribution is -2.20. The molecule has 2 aliphatic rings. The van der Waals surface area contributed by atoms with Crippen LogP contribution in [0.4, 0.5) is 0 Å². The van der Waals surface area contributed by atoms with Crippen LogP contribution in [-0.2, 0) is 24.2 Å². The normalized spacial score (nSPS) is 21.2. The Morgan fingerprint density at radius 3 is 2.61 bits per heavy atom. The summed E-state index contributed by atoms with van der Waals surface area (Å²) in [5.41, 5.74) is 3.32. The third-order valence-electron chi connectivity index (χ3n) is 6.25. The first-order valence-electron chi connectivity index (χ1n) is 10.6. The molecule has 1 aromatic carbocycles. The third-order valence-corrected chi connectivity index (χ3v) is 6.25. The summed E-state index contributed by atoms with van der Waals surface area (Å²) < 4.78 is 5.64. The number of hydrogen-bond donors (Lipinski definition) is 1. The molecule has 1 N–H and O–H groups in total. The molecule has 1 saturated carbocycles. The van der Waals surface area contributed by atoms with Crippen LogP contribution in [0, 0.1) is 5.92 Å². The molecule has 0 amide bonds. The van der Waals surface area contributed by atoms with Gasteiger partial charge in [0.1, 0.15) is 0 Å². The summed E-state index contributed by atoms with van der Waals surface area (Å²) in [6, 6.07) is 10.2. The van der Waals surface area contributed by atoms with Crippen LogP contribution in [0.3, 0.4) is 0 Å². The van der Waals surface area contributed by atoms with Gasteiger partial charge in [0, 0.05) is 18.5 Å². The summed E-state index contributed by atoms with van der Waals surface area (Å²) in [6.07, 6.45) is 8.84. The number of carboxylic acid groups (broad SMARTS) is 1. The Hall–Kier alpha value is -2.14. The Morgan fingerprint density at radius 2 is 1.86 bits per heavy atom. The minimum Gasteiger partial charge on any atom is -0.481 e. The minimum absolute atomic E-state index is 0.0948. The Labute approximate surface area is 166 Å². The number of nitrogens with zero attached hydrogens (tertiary/aromatic N) is 2. The molecule has 1 aromatic heterocycles. The van der Waals surface area contributed by atoms with Gasteiger partial charge in [-0.2, -0.15) is 0 Å². The summed E-state index contributed by atoms with van der Waals surface area (Å²) in [6.45, 7) is 3.03. The zero-order valence-corrected chi connectivity index (χ0v) is 16.5. The van der Waals surface area contributed by atoms with Crippen molar-refractivity contribution in [2.45, 2.75) is 63.8 Å². The summed E-state index contributed by atoms with van der Waals surface area (Å²) in [5, 5.41) is 13.2. The van der Waals surface area contributed by atoms with Crippen LogP contribution in [0.15, 0.2) is 34.9 Å². The molecule has 2 fully saturated rings. The van der Waals surface area contributed by atoms with E-state index in [-0.39, 0.29) is 6.42 Å². The molecule has 1 saturated heterocycles. The van der Waals surface area contributed by atoms with Gasteiger partial charge in [-0.05, 0) is 49.3 Å². The number of aliphatic carboxylic acids is 1. The van der Waals surface area contributed by atoms with Crippen LogP contribution >= 0.6 is 0 Å². The fraction of sp³-hybridized carbons (Fsp3) is 0.565. The van der Waals surface area contributed by atoms with Crippen molar-refractivity contribution in [3.63, 3.8) is 0 Å². The highest BCUT2D eigenvalue weighted by molar-refractivity contribution is 5.70. The quantitative estimate of drug-likeness (QED) is 0.768. The van der Waals surface area contributed by atoms with Crippen LogP contribution in [-0.4, -0.2) is 34.2 Å². The molecule has 2 heterocycles. The maximum atomic E-state index is 10.8. The van der Waals surface area contributed by atoms with E-state index in [9.17, 15) is 4.79 Å². The molecule has 2 aromatic rings. The Balaban J connectivity index is 1.26. The largest absolute Gasteiger partial charge is 0.481 e. The average molecular weight is 383 g/mol. The van der Waals surface area contributed by atoms with Gasteiger partial charge in [-0.15, -0.1) is 0 Å². The second kappa shape index (κ2) is 8.91. The van der Waals surface area contributed by atoms with Gasteiger partial charge in [0.15, 0.2) is 5.76 Å². The molecule has 4 rings (SSSR count). The molecule has 5 heteroatoms. The Kier molecular flexibility index (Phi) is 6.10. The molecule has 1 unspecified atom stereocenters. The molecule has 0 bridgehead atoms. The van der Waals surface area contributed by atoms with Crippen LogP contribution < -0.4 is 0 Å². The second-order valence-corrected chi connectivity index (χ2v) is 8.53. The molecule has 1 aliphatic heterocycles. The van der Waals surface area contributed by atoms with Crippen molar-refractivity contribution in [2.24, 2.45) is 5.92 Å². The lowest BCUT2D eigenvalue weighted by molar-refractivity contribution is -0.136. The van der Waals surface area contributed by atoms with Crippen LogP contribution in [0.1, 0.15) is 67.0 Å². The Morgan fingerprint density at radius 1 is 1.11 bits per heavy atom. The van der Waals surface area contributed by atoms with Gasteiger partial charge in [0.05, 0.1) is 18.7 Å². The smallest absolute Gasteiger partial charge is 0.307 e. The van der Waals surface area contributed by atoms with Crippen molar-refractivity contribution in [3.05, 3.63) is 52.9 Å². The highest BCUT2D eigenvalue weighted by Crippen LogP contribution is 2.32. The van der Waals surface area contributed by atoms with Crippen molar-refractivity contribution in [1.82, 2.24) is 10.1 Å². The van der Waals surface area contributed by atoms with E-state index in [0.29, 0.717) is 11.8 Å². The van der Waals surface area contributed by atoms with E-state index in [1.165, 1.54) is 44.1 Å². The van der Waals surface area contributed by atoms with E-state index in [0.717, 1.165) is 43.1 Å². The first-order chi connectivity index (χ1) is 13.7. The molecular formula is C23H30N2O3. The van der Waals surface area contributed by atoms with E-state index in [1.54, 1.807) is 0 Å². The Bertz CT molecular complexity index is 777. The van der Waals surface area contributed by atoms with E-state index in [4.69, 9.17) is 9.63 Å². The van der Waals surface area contributed by atoms with E-state index in [1.807, 2.05) is 12.1 Å². The fourth-order valence-corrected chi connectivity index (χ4v) is 4.74. The average Bonchev–Trinajstić information content (AvgIpc) is 3.34. The molecule has 0 radical (unpaired) electrons. The maximum Gasteiger partial charge on any atom is 0.307 e. The molecule has 28 heavy (non-hydrogen) atoms. The molecule has 1 atom stereocenters. The lowest BCUT2D eigenvalue weighted by Gasteiger charge is -2.18. The number of hydrogen-bond acceptors (Lipinski definition) is 4. The van der Waals surface area contributed by atoms with Gasteiger partial charge in [0.2, 0.25) is 0 Å². The highest BCUT2D eigenvalue weighted by atomic mass is 16.5. The van der Waals surface area contributed by atoms with Crippen molar-refractivity contribution in [1.29, 1.82) is 0 Å². The number of carbonyl (C=O) groups is 1. The van der Waals surface area contributed by atoms with Crippen LogP contribution in [0.2, 0.25) is 0 Å². The summed E-state index contributed by atoms with van der Waals surface area (Å²) in [4.78, 5) is 13.3. The zero-order chi connectivity index (χ0) is 19.3. The number of rotatable bonds is 7. The van der Waals surface area contributed by atoms with Crippen LogP contribution in [0.25, 0.3) is 0 Å². The molecule has 0 spiro atoms. The zero-order valence-electron chi connectivity index (χ0n) is 16.5. The third kappa shape index (κ3) is 5.02. The highest BCUT2D eigenvalue weighted by Gasteiger charge is 2.25. The topological polar surface area (TPSA) is 66.6 Å². The van der Waals surface area contributed by atoms with Gasteiger partial charge < -0.3 is 9.63 Å². The number of benzene rings is 1.